The minimum atomic E-state index is -0.983. The molecule has 2 saturated heterocycles. The van der Waals surface area contributed by atoms with Gasteiger partial charge in [-0.15, -0.1) is 0 Å². The Kier molecular flexibility index (Phi) is 5.75. The zero-order valence-electron chi connectivity index (χ0n) is 13.9. The number of carbonyl (C=O) groups is 2. The fourth-order valence-corrected chi connectivity index (χ4v) is 4.52. The lowest BCUT2D eigenvalue weighted by atomic mass is 9.88. The SMILES string of the molecule is O=C(O)N1CC[C@H](C(=O)N2CCC(c3c(O)cc(Cl)c(Cl)c3Cl)CC2)C1. The quantitative estimate of drug-likeness (QED) is 0.706. The van der Waals surface area contributed by atoms with Crippen LogP contribution in [0.1, 0.15) is 30.7 Å². The summed E-state index contributed by atoms with van der Waals surface area (Å²) >= 11 is 18.3. The third-order valence-corrected chi connectivity index (χ3v) is 6.48. The second-order valence-corrected chi connectivity index (χ2v) is 7.90. The summed E-state index contributed by atoms with van der Waals surface area (Å²) in [5.41, 5.74) is 0.575. The van der Waals surface area contributed by atoms with Gasteiger partial charge in [0.15, 0.2) is 0 Å². The van der Waals surface area contributed by atoms with Gasteiger partial charge in [0.2, 0.25) is 5.91 Å². The molecule has 1 aromatic carbocycles. The van der Waals surface area contributed by atoms with Gasteiger partial charge in [0.05, 0.1) is 21.0 Å². The van der Waals surface area contributed by atoms with E-state index < -0.39 is 6.09 Å². The van der Waals surface area contributed by atoms with Crippen molar-refractivity contribution in [2.45, 2.75) is 25.2 Å². The number of carboxylic acid groups (broad SMARTS) is 1. The molecule has 0 saturated carbocycles. The van der Waals surface area contributed by atoms with E-state index in [0.29, 0.717) is 44.5 Å². The van der Waals surface area contributed by atoms with Gasteiger partial charge in [-0.05, 0) is 25.2 Å². The van der Waals surface area contributed by atoms with E-state index in [4.69, 9.17) is 39.9 Å². The Balaban J connectivity index is 1.64. The summed E-state index contributed by atoms with van der Waals surface area (Å²) in [6, 6.07) is 1.39. The molecule has 9 heteroatoms. The number of carbonyl (C=O) groups excluding carboxylic acids is 1. The van der Waals surface area contributed by atoms with Crippen LogP contribution < -0.4 is 0 Å². The topological polar surface area (TPSA) is 81.1 Å². The van der Waals surface area contributed by atoms with Crippen LogP contribution in [-0.2, 0) is 4.79 Å². The third kappa shape index (κ3) is 3.68. The highest BCUT2D eigenvalue weighted by Crippen LogP contribution is 2.45. The predicted octanol–water partition coefficient (Wildman–Crippen LogP) is 4.06. The molecular formula is C17H19Cl3N2O4. The first kappa shape index (κ1) is 19.4. The number of halogens is 3. The minimum Gasteiger partial charge on any atom is -0.508 e. The van der Waals surface area contributed by atoms with Gasteiger partial charge in [0, 0.05) is 37.8 Å². The average molecular weight is 422 g/mol. The van der Waals surface area contributed by atoms with Crippen LogP contribution in [0.15, 0.2) is 6.07 Å². The van der Waals surface area contributed by atoms with E-state index in [1.54, 1.807) is 4.90 Å². The van der Waals surface area contributed by atoms with E-state index in [1.165, 1.54) is 11.0 Å². The summed E-state index contributed by atoms with van der Waals surface area (Å²) < 4.78 is 0. The molecule has 6 nitrogen and oxygen atoms in total. The number of likely N-dealkylation sites (tertiary alicyclic amines) is 2. The summed E-state index contributed by atoms with van der Waals surface area (Å²) in [5, 5.41) is 19.9. The maximum absolute atomic E-state index is 12.6. The lowest BCUT2D eigenvalue weighted by Gasteiger charge is -2.34. The molecule has 0 aliphatic carbocycles. The molecule has 0 unspecified atom stereocenters. The highest BCUT2D eigenvalue weighted by Gasteiger charge is 2.35. The normalized spacial score (nSPS) is 21.3. The highest BCUT2D eigenvalue weighted by molar-refractivity contribution is 6.48. The minimum absolute atomic E-state index is 0.00309. The van der Waals surface area contributed by atoms with Gasteiger partial charge in [-0.3, -0.25) is 4.79 Å². The summed E-state index contributed by atoms with van der Waals surface area (Å²) in [5.74, 6) is -0.274. The molecule has 142 valence electrons. The van der Waals surface area contributed by atoms with Crippen molar-refractivity contribution >= 4 is 46.8 Å². The summed E-state index contributed by atoms with van der Waals surface area (Å²) in [7, 11) is 0. The molecule has 0 spiro atoms. The molecular weight excluding hydrogens is 403 g/mol. The van der Waals surface area contributed by atoms with E-state index >= 15 is 0 Å². The Morgan fingerprint density at radius 3 is 2.19 bits per heavy atom. The number of rotatable bonds is 2. The standard InChI is InChI=1S/C17H19Cl3N2O4/c18-11-7-12(23)13(15(20)14(11)19)9-1-4-21(5-2-9)16(24)10-3-6-22(8-10)17(25)26/h7,9-10,23H,1-6,8H2,(H,25,26)/t10-/m0/s1. The maximum Gasteiger partial charge on any atom is 0.407 e. The Bertz CT molecular complexity index is 735. The number of phenols is 1. The maximum atomic E-state index is 12.6. The zero-order valence-corrected chi connectivity index (χ0v) is 16.2. The van der Waals surface area contributed by atoms with Gasteiger partial charge in [-0.25, -0.2) is 4.79 Å². The molecule has 1 aromatic rings. The van der Waals surface area contributed by atoms with Crippen LogP contribution in [0.4, 0.5) is 4.79 Å². The van der Waals surface area contributed by atoms with Gasteiger partial charge in [0.25, 0.3) is 0 Å². The fourth-order valence-electron chi connectivity index (χ4n) is 3.77. The van der Waals surface area contributed by atoms with Crippen molar-refractivity contribution in [3.63, 3.8) is 0 Å². The Hall–Kier alpha value is -1.37. The van der Waals surface area contributed by atoms with Crippen LogP contribution in [0.2, 0.25) is 15.1 Å². The molecule has 2 heterocycles. The number of hydrogen-bond donors (Lipinski definition) is 2. The van der Waals surface area contributed by atoms with E-state index in [9.17, 15) is 14.7 Å². The van der Waals surface area contributed by atoms with Gasteiger partial charge < -0.3 is 20.0 Å². The van der Waals surface area contributed by atoms with Crippen LogP contribution in [-0.4, -0.2) is 58.2 Å². The number of aromatic hydroxyl groups is 1. The number of phenolic OH excluding ortho intramolecular Hbond substituents is 1. The molecule has 0 bridgehead atoms. The van der Waals surface area contributed by atoms with Crippen LogP contribution >= 0.6 is 34.8 Å². The van der Waals surface area contributed by atoms with Crippen molar-refractivity contribution in [3.8, 4) is 5.75 Å². The lowest BCUT2D eigenvalue weighted by Crippen LogP contribution is -2.42. The molecule has 2 amide bonds. The molecule has 2 N–H and O–H groups in total. The summed E-state index contributed by atoms with van der Waals surface area (Å²) in [6.07, 6.45) is 0.868. The van der Waals surface area contributed by atoms with Crippen LogP contribution in [0.5, 0.6) is 5.75 Å². The Morgan fingerprint density at radius 1 is 1.00 bits per heavy atom. The Morgan fingerprint density at radius 2 is 1.62 bits per heavy atom. The van der Waals surface area contributed by atoms with E-state index in [0.717, 1.165) is 0 Å². The molecule has 26 heavy (non-hydrogen) atoms. The second kappa shape index (κ2) is 7.71. The highest BCUT2D eigenvalue weighted by atomic mass is 35.5. The fraction of sp³-hybridized carbons (Fsp3) is 0.529. The van der Waals surface area contributed by atoms with Crippen molar-refractivity contribution in [2.24, 2.45) is 5.92 Å². The predicted molar refractivity (Wildman–Crippen MR) is 99.4 cm³/mol. The first-order valence-corrected chi connectivity index (χ1v) is 9.56. The first-order chi connectivity index (χ1) is 12.3. The molecule has 2 aliphatic heterocycles. The van der Waals surface area contributed by atoms with Crippen LogP contribution in [0, 0.1) is 5.92 Å². The van der Waals surface area contributed by atoms with Crippen molar-refractivity contribution in [2.75, 3.05) is 26.2 Å². The van der Waals surface area contributed by atoms with Crippen molar-refractivity contribution < 1.29 is 19.8 Å². The molecule has 1 atom stereocenters. The lowest BCUT2D eigenvalue weighted by molar-refractivity contribution is -0.136. The molecule has 3 rings (SSSR count). The average Bonchev–Trinajstić information content (AvgIpc) is 3.10. The molecule has 2 fully saturated rings. The zero-order chi connectivity index (χ0) is 19.0. The summed E-state index contributed by atoms with van der Waals surface area (Å²) in [4.78, 5) is 26.7. The largest absolute Gasteiger partial charge is 0.508 e. The number of piperidine rings is 1. The van der Waals surface area contributed by atoms with Gasteiger partial charge in [0.1, 0.15) is 5.75 Å². The molecule has 2 aliphatic rings. The van der Waals surface area contributed by atoms with Crippen LogP contribution in [0.3, 0.4) is 0 Å². The van der Waals surface area contributed by atoms with Crippen molar-refractivity contribution in [1.82, 2.24) is 9.80 Å². The Labute approximate surface area is 166 Å². The first-order valence-electron chi connectivity index (χ1n) is 8.42. The number of amides is 2. The van der Waals surface area contributed by atoms with Gasteiger partial charge in [-0.2, -0.15) is 0 Å². The number of nitrogens with zero attached hydrogens (tertiary/aromatic N) is 2. The molecule has 0 radical (unpaired) electrons. The van der Waals surface area contributed by atoms with Crippen molar-refractivity contribution in [1.29, 1.82) is 0 Å². The molecule has 0 aromatic heterocycles. The van der Waals surface area contributed by atoms with Crippen molar-refractivity contribution in [3.05, 3.63) is 26.7 Å². The van der Waals surface area contributed by atoms with E-state index in [1.807, 2.05) is 0 Å². The van der Waals surface area contributed by atoms with E-state index in [-0.39, 0.29) is 45.1 Å². The second-order valence-electron chi connectivity index (χ2n) is 6.73. The smallest absolute Gasteiger partial charge is 0.407 e. The van der Waals surface area contributed by atoms with E-state index in [2.05, 4.69) is 0 Å². The number of hydrogen-bond acceptors (Lipinski definition) is 3. The summed E-state index contributed by atoms with van der Waals surface area (Å²) in [6.45, 7) is 1.72. The third-order valence-electron chi connectivity index (χ3n) is 5.20. The number of benzene rings is 1. The van der Waals surface area contributed by atoms with Crippen LogP contribution in [0.25, 0.3) is 0 Å². The van der Waals surface area contributed by atoms with Gasteiger partial charge >= 0.3 is 6.09 Å². The van der Waals surface area contributed by atoms with Gasteiger partial charge in [-0.1, -0.05) is 34.8 Å². The monoisotopic (exact) mass is 420 g/mol.